The summed E-state index contributed by atoms with van der Waals surface area (Å²) in [6.07, 6.45) is 100. The minimum absolute atomic E-state index is 0.107. The van der Waals surface area contributed by atoms with E-state index in [0.717, 1.165) is 128 Å². The van der Waals surface area contributed by atoms with Crippen LogP contribution < -0.4 is 0 Å². The maximum absolute atomic E-state index is 12.9. The number of allylic oxidation sites excluding steroid dienone is 24. The highest BCUT2D eigenvalue weighted by molar-refractivity contribution is 5.71. The van der Waals surface area contributed by atoms with E-state index in [9.17, 15) is 14.4 Å². The molecular formula is C77H126O6. The molecule has 83 heavy (non-hydrogen) atoms. The lowest BCUT2D eigenvalue weighted by molar-refractivity contribution is -0.167. The van der Waals surface area contributed by atoms with E-state index in [1.807, 2.05) is 0 Å². The first kappa shape index (κ1) is 78.3. The van der Waals surface area contributed by atoms with E-state index >= 15 is 0 Å². The van der Waals surface area contributed by atoms with Gasteiger partial charge in [-0.15, -0.1) is 0 Å². The monoisotopic (exact) mass is 1150 g/mol. The highest BCUT2D eigenvalue weighted by atomic mass is 16.6. The Balaban J connectivity index is 4.43. The van der Waals surface area contributed by atoms with E-state index in [4.69, 9.17) is 14.2 Å². The zero-order chi connectivity index (χ0) is 59.9. The largest absolute Gasteiger partial charge is 0.462 e. The summed E-state index contributed by atoms with van der Waals surface area (Å²) < 4.78 is 16.9. The van der Waals surface area contributed by atoms with E-state index in [1.165, 1.54) is 128 Å². The van der Waals surface area contributed by atoms with Crippen LogP contribution in [0.4, 0.5) is 0 Å². The fraction of sp³-hybridized carbons (Fsp3) is 0.649. The lowest BCUT2D eigenvalue weighted by Crippen LogP contribution is -2.30. The molecule has 0 aliphatic rings. The molecule has 0 fully saturated rings. The second kappa shape index (κ2) is 69.8. The minimum atomic E-state index is -0.819. The predicted molar refractivity (Wildman–Crippen MR) is 362 cm³/mol. The molecular weight excluding hydrogens is 1020 g/mol. The third-order valence-corrected chi connectivity index (χ3v) is 14.3. The van der Waals surface area contributed by atoms with Crippen molar-refractivity contribution in [1.82, 2.24) is 0 Å². The van der Waals surface area contributed by atoms with Gasteiger partial charge >= 0.3 is 17.9 Å². The number of hydrogen-bond donors (Lipinski definition) is 0. The quantitative estimate of drug-likeness (QED) is 0.0261. The first-order valence-electron chi connectivity index (χ1n) is 34.3. The average molecular weight is 1150 g/mol. The van der Waals surface area contributed by atoms with Crippen molar-refractivity contribution in [2.24, 2.45) is 0 Å². The first-order chi connectivity index (χ1) is 41.0. The van der Waals surface area contributed by atoms with Crippen LogP contribution >= 0.6 is 0 Å². The van der Waals surface area contributed by atoms with Crippen LogP contribution in [0.3, 0.4) is 0 Å². The molecule has 0 N–H and O–H groups in total. The lowest BCUT2D eigenvalue weighted by atomic mass is 10.0. The van der Waals surface area contributed by atoms with Gasteiger partial charge in [-0.25, -0.2) is 0 Å². The van der Waals surface area contributed by atoms with Gasteiger partial charge in [-0.1, -0.05) is 295 Å². The molecule has 0 rings (SSSR count). The van der Waals surface area contributed by atoms with Crippen LogP contribution in [0.2, 0.25) is 0 Å². The van der Waals surface area contributed by atoms with E-state index < -0.39 is 6.10 Å². The highest BCUT2D eigenvalue weighted by Gasteiger charge is 2.19. The summed E-state index contributed by atoms with van der Waals surface area (Å²) in [6, 6.07) is 0. The Kier molecular flexibility index (Phi) is 65.8. The Bertz CT molecular complexity index is 1800. The third kappa shape index (κ3) is 68.0. The van der Waals surface area contributed by atoms with Gasteiger partial charge in [0, 0.05) is 19.3 Å². The van der Waals surface area contributed by atoms with E-state index in [0.29, 0.717) is 19.3 Å². The van der Waals surface area contributed by atoms with Crippen molar-refractivity contribution in [2.75, 3.05) is 13.2 Å². The molecule has 6 nitrogen and oxygen atoms in total. The molecule has 0 aromatic rings. The Morgan fingerprint density at radius 2 is 0.482 bits per heavy atom. The lowest BCUT2D eigenvalue weighted by Gasteiger charge is -2.18. The summed E-state index contributed by atoms with van der Waals surface area (Å²) in [7, 11) is 0. The smallest absolute Gasteiger partial charge is 0.306 e. The normalized spacial score (nSPS) is 13.0. The Morgan fingerprint density at radius 3 is 0.783 bits per heavy atom. The fourth-order valence-corrected chi connectivity index (χ4v) is 9.24. The van der Waals surface area contributed by atoms with Crippen LogP contribution in [0, 0.1) is 0 Å². The summed E-state index contributed by atoms with van der Waals surface area (Å²) in [4.78, 5) is 38.4. The van der Waals surface area contributed by atoms with Gasteiger partial charge in [0.1, 0.15) is 13.2 Å². The number of rotatable bonds is 61. The van der Waals surface area contributed by atoms with E-state index in [1.54, 1.807) is 0 Å². The van der Waals surface area contributed by atoms with Crippen molar-refractivity contribution < 1.29 is 28.6 Å². The second-order valence-corrected chi connectivity index (χ2v) is 22.3. The SMILES string of the molecule is CC/C=C\C/C=C\C/C=C\C/C=C\C/C=C\C/C=C\C/C=C\CCCC(=O)OC(COC(=O)CCCCCCC/C=C\CCCCCCCC)COC(=O)CCCCCCCCCCCCCCCC/C=C\C/C=C\C/C=C\C/C=C\CC. The Hall–Kier alpha value is -4.71. The molecule has 0 bridgehead atoms. The standard InChI is InChI=1S/C77H126O6/c1-4-7-10-13-16-19-22-25-28-30-32-34-36-37-38-39-41-42-44-46-49-52-55-58-61-64-67-70-76(79)82-73-74(72-81-75(78)69-66-63-60-57-54-51-48-27-24-21-18-15-12-9-6-3)83-77(80)71-68-65-62-59-56-53-50-47-45-43-40-35-33-31-29-26-23-20-17-14-11-8-5-2/h7-8,10-11,16-17,19-20,25-29,32-35,43,45,48,50,53,59,62,74H,4-6,9,12-15,18,21-24,30-31,36-42,44,46-47,49,51-52,54-58,60-61,63-73H2,1-3H3/b10-7-,11-8-,19-16-,20-17-,28-25-,29-26-,34-32-,35-33-,45-43-,48-27-,53-50-,62-59-. The molecule has 0 amide bonds. The van der Waals surface area contributed by atoms with Gasteiger partial charge in [-0.05, 0) is 135 Å². The van der Waals surface area contributed by atoms with Crippen molar-refractivity contribution in [3.05, 3.63) is 146 Å². The molecule has 0 aliphatic heterocycles. The summed E-state index contributed by atoms with van der Waals surface area (Å²) >= 11 is 0. The van der Waals surface area contributed by atoms with Gasteiger partial charge in [-0.3, -0.25) is 14.4 Å². The molecule has 0 radical (unpaired) electrons. The number of unbranched alkanes of at least 4 members (excludes halogenated alkanes) is 26. The van der Waals surface area contributed by atoms with Crippen LogP contribution in [-0.2, 0) is 28.6 Å². The van der Waals surface area contributed by atoms with E-state index in [2.05, 4.69) is 167 Å². The first-order valence-corrected chi connectivity index (χ1v) is 34.3. The average Bonchev–Trinajstić information content (AvgIpc) is 3.49. The van der Waals surface area contributed by atoms with Gasteiger partial charge in [0.25, 0.3) is 0 Å². The topological polar surface area (TPSA) is 78.9 Å². The molecule has 0 spiro atoms. The van der Waals surface area contributed by atoms with Crippen LogP contribution in [0.5, 0.6) is 0 Å². The molecule has 6 heteroatoms. The molecule has 0 saturated carbocycles. The summed E-state index contributed by atoms with van der Waals surface area (Å²) in [5.41, 5.74) is 0. The van der Waals surface area contributed by atoms with Gasteiger partial charge < -0.3 is 14.2 Å². The highest BCUT2D eigenvalue weighted by Crippen LogP contribution is 2.16. The molecule has 1 unspecified atom stereocenters. The zero-order valence-corrected chi connectivity index (χ0v) is 53.9. The van der Waals surface area contributed by atoms with Gasteiger partial charge in [0.2, 0.25) is 0 Å². The van der Waals surface area contributed by atoms with Gasteiger partial charge in [0.15, 0.2) is 6.10 Å². The summed E-state index contributed by atoms with van der Waals surface area (Å²) in [6.45, 7) is 6.37. The van der Waals surface area contributed by atoms with Crippen LogP contribution in [0.25, 0.3) is 0 Å². The van der Waals surface area contributed by atoms with Gasteiger partial charge in [-0.2, -0.15) is 0 Å². The Morgan fingerprint density at radius 1 is 0.253 bits per heavy atom. The number of hydrogen-bond acceptors (Lipinski definition) is 6. The molecule has 0 aliphatic carbocycles. The number of esters is 3. The van der Waals surface area contributed by atoms with Crippen molar-refractivity contribution in [1.29, 1.82) is 0 Å². The van der Waals surface area contributed by atoms with Crippen molar-refractivity contribution in [3.63, 3.8) is 0 Å². The maximum Gasteiger partial charge on any atom is 0.306 e. The molecule has 0 aromatic heterocycles. The number of ether oxygens (including phenoxy) is 3. The molecule has 0 heterocycles. The predicted octanol–water partition coefficient (Wildman–Crippen LogP) is 23.9. The van der Waals surface area contributed by atoms with E-state index in [-0.39, 0.29) is 37.5 Å². The summed E-state index contributed by atoms with van der Waals surface area (Å²) in [5.74, 6) is -0.972. The second-order valence-electron chi connectivity index (χ2n) is 22.3. The minimum Gasteiger partial charge on any atom is -0.462 e. The Labute approximate surface area is 512 Å². The van der Waals surface area contributed by atoms with Crippen molar-refractivity contribution in [2.45, 2.75) is 309 Å². The third-order valence-electron chi connectivity index (χ3n) is 14.3. The molecule has 0 aromatic carbocycles. The zero-order valence-electron chi connectivity index (χ0n) is 53.9. The number of carbonyl (C=O) groups excluding carboxylic acids is 3. The van der Waals surface area contributed by atoms with Crippen LogP contribution in [-0.4, -0.2) is 37.2 Å². The van der Waals surface area contributed by atoms with Crippen molar-refractivity contribution >= 4 is 17.9 Å². The summed E-state index contributed by atoms with van der Waals surface area (Å²) in [5, 5.41) is 0. The fourth-order valence-electron chi connectivity index (χ4n) is 9.24. The van der Waals surface area contributed by atoms with Gasteiger partial charge in [0.05, 0.1) is 0 Å². The molecule has 1 atom stereocenters. The molecule has 0 saturated heterocycles. The van der Waals surface area contributed by atoms with Crippen LogP contribution in [0.15, 0.2) is 146 Å². The van der Waals surface area contributed by atoms with Crippen LogP contribution in [0.1, 0.15) is 303 Å². The molecule has 470 valence electrons. The van der Waals surface area contributed by atoms with Crippen molar-refractivity contribution in [3.8, 4) is 0 Å². The number of carbonyl (C=O) groups is 3. The maximum atomic E-state index is 12.9.